The average Bonchev–Trinajstić information content (AvgIpc) is 3.52. The number of rotatable bonds is 4. The van der Waals surface area contributed by atoms with Crippen molar-refractivity contribution < 1.29 is 13.9 Å². The summed E-state index contributed by atoms with van der Waals surface area (Å²) in [5.41, 5.74) is 8.38. The summed E-state index contributed by atoms with van der Waals surface area (Å²) in [7, 11) is 0. The molecule has 0 spiro atoms. The molecule has 0 radical (unpaired) electrons. The van der Waals surface area contributed by atoms with E-state index in [1.165, 1.54) is 12.8 Å². The maximum Gasteiger partial charge on any atom is 0.237 e. The van der Waals surface area contributed by atoms with Crippen LogP contribution in [0.4, 0.5) is 15.8 Å². The molecule has 4 rings (SSSR count). The van der Waals surface area contributed by atoms with Crippen LogP contribution in [-0.4, -0.2) is 50.8 Å². The molecule has 2 aliphatic heterocycles. The molecule has 1 saturated heterocycles. The van der Waals surface area contributed by atoms with Crippen molar-refractivity contribution in [3.63, 3.8) is 0 Å². The highest BCUT2D eigenvalue weighted by molar-refractivity contribution is 5.83. The summed E-state index contributed by atoms with van der Waals surface area (Å²) in [6.07, 6.45) is 3.12. The number of morpholine rings is 1. The van der Waals surface area contributed by atoms with Crippen molar-refractivity contribution in [1.29, 1.82) is 0 Å². The van der Waals surface area contributed by atoms with E-state index in [9.17, 15) is 4.79 Å². The summed E-state index contributed by atoms with van der Waals surface area (Å²) in [6, 6.07) is 3.32. The molecule has 2 heterocycles. The van der Waals surface area contributed by atoms with Gasteiger partial charge in [0.05, 0.1) is 31.0 Å². The zero-order valence-corrected chi connectivity index (χ0v) is 17.7. The van der Waals surface area contributed by atoms with Crippen LogP contribution in [-0.2, 0) is 9.53 Å². The highest BCUT2D eigenvalue weighted by Crippen LogP contribution is 2.43. The minimum Gasteiger partial charge on any atom is -0.378 e. The Bertz CT molecular complexity index is 769. The fourth-order valence-electron chi connectivity index (χ4n) is 4.25. The van der Waals surface area contributed by atoms with Crippen LogP contribution in [0.1, 0.15) is 51.6 Å². The van der Waals surface area contributed by atoms with Crippen LogP contribution in [0.3, 0.4) is 0 Å². The molecule has 1 unspecified atom stereocenters. The number of nitrogens with two attached hydrogens (primary N) is 1. The predicted octanol–water partition coefficient (Wildman–Crippen LogP) is 2.57. The van der Waals surface area contributed by atoms with Crippen molar-refractivity contribution in [1.82, 2.24) is 5.32 Å². The third-order valence-electron chi connectivity index (χ3n) is 6.31. The third kappa shape index (κ3) is 4.21. The molecule has 160 valence electrons. The van der Waals surface area contributed by atoms with E-state index in [0.29, 0.717) is 38.0 Å². The van der Waals surface area contributed by atoms with E-state index in [4.69, 9.17) is 10.5 Å². The first-order valence-corrected chi connectivity index (χ1v) is 10.7. The van der Waals surface area contributed by atoms with Gasteiger partial charge in [-0.3, -0.25) is 4.79 Å². The minimum absolute atomic E-state index is 0.175. The number of nitrogens with zero attached hydrogens (tertiary/aromatic N) is 2. The molecular formula is C22H33FN4O2. The summed E-state index contributed by atoms with van der Waals surface area (Å²) in [4.78, 5) is 17.2. The van der Waals surface area contributed by atoms with Crippen molar-refractivity contribution in [3.8, 4) is 0 Å². The van der Waals surface area contributed by atoms with Gasteiger partial charge in [-0.25, -0.2) is 4.39 Å². The number of halogens is 1. The molecular weight excluding hydrogens is 371 g/mol. The number of ether oxygens (including phenoxy) is 1. The molecule has 0 bridgehead atoms. The van der Waals surface area contributed by atoms with Gasteiger partial charge in [0.1, 0.15) is 5.82 Å². The molecule has 1 aromatic rings. The summed E-state index contributed by atoms with van der Waals surface area (Å²) in [5, 5.41) is 3.10. The lowest BCUT2D eigenvalue weighted by atomic mass is 9.86. The van der Waals surface area contributed by atoms with Gasteiger partial charge in [-0.05, 0) is 36.8 Å². The lowest BCUT2D eigenvalue weighted by molar-refractivity contribution is -0.125. The molecule has 29 heavy (non-hydrogen) atoms. The van der Waals surface area contributed by atoms with E-state index in [0.717, 1.165) is 24.2 Å². The second-order valence-electron chi connectivity index (χ2n) is 9.58. The second kappa shape index (κ2) is 7.76. The maximum atomic E-state index is 15.1. The van der Waals surface area contributed by atoms with Gasteiger partial charge in [0.25, 0.3) is 0 Å². The minimum atomic E-state index is -0.607. The standard InChI is InChI=1S/C22H33FN4O2/c1-22(2,3)20(24)21(28)25-17-6-7-27(14-4-5-14)18-13-19(16(23)12-15(17)18)26-8-10-29-11-9-26/h12-14,17,20H,4-11,24H2,1-3H3,(H,25,28)/t17?,20-/m1/s1. The summed E-state index contributed by atoms with van der Waals surface area (Å²) in [5.74, 6) is -0.409. The first kappa shape index (κ1) is 20.4. The quantitative estimate of drug-likeness (QED) is 0.807. The number of hydrogen-bond acceptors (Lipinski definition) is 5. The van der Waals surface area contributed by atoms with Gasteiger partial charge < -0.3 is 25.6 Å². The van der Waals surface area contributed by atoms with Crippen molar-refractivity contribution in [2.45, 2.75) is 58.2 Å². The molecule has 2 fully saturated rings. The van der Waals surface area contributed by atoms with Gasteiger partial charge in [-0.15, -0.1) is 0 Å². The van der Waals surface area contributed by atoms with Gasteiger partial charge >= 0.3 is 0 Å². The molecule has 1 aromatic carbocycles. The van der Waals surface area contributed by atoms with Gasteiger partial charge in [-0.2, -0.15) is 0 Å². The van der Waals surface area contributed by atoms with Crippen molar-refractivity contribution in [2.24, 2.45) is 11.1 Å². The monoisotopic (exact) mass is 404 g/mol. The Kier molecular flexibility index (Phi) is 5.46. The first-order valence-electron chi connectivity index (χ1n) is 10.7. The van der Waals surface area contributed by atoms with Crippen LogP contribution >= 0.6 is 0 Å². The summed E-state index contributed by atoms with van der Waals surface area (Å²) < 4.78 is 20.5. The van der Waals surface area contributed by atoms with Gasteiger partial charge in [0.2, 0.25) is 5.91 Å². The lowest BCUT2D eigenvalue weighted by Gasteiger charge is -2.39. The van der Waals surface area contributed by atoms with E-state index >= 15 is 4.39 Å². The SMILES string of the molecule is CC(C)(C)[C@H](N)C(=O)NC1CCN(C2CC2)c2cc(N3CCOCC3)c(F)cc21. The second-order valence-corrected chi connectivity index (χ2v) is 9.58. The Morgan fingerprint density at radius 1 is 1.17 bits per heavy atom. The molecule has 6 nitrogen and oxygen atoms in total. The average molecular weight is 405 g/mol. The number of fused-ring (bicyclic) bond motifs is 1. The van der Waals surface area contributed by atoms with Crippen LogP contribution < -0.4 is 20.9 Å². The van der Waals surface area contributed by atoms with Crippen LogP contribution in [0.2, 0.25) is 0 Å². The van der Waals surface area contributed by atoms with Crippen LogP contribution in [0.25, 0.3) is 0 Å². The largest absolute Gasteiger partial charge is 0.378 e. The number of amides is 1. The van der Waals surface area contributed by atoms with Crippen LogP contribution in [0.5, 0.6) is 0 Å². The Morgan fingerprint density at radius 2 is 1.86 bits per heavy atom. The molecule has 2 atom stereocenters. The molecule has 3 aliphatic rings. The maximum absolute atomic E-state index is 15.1. The van der Waals surface area contributed by atoms with Gasteiger partial charge in [0, 0.05) is 36.9 Å². The van der Waals surface area contributed by atoms with Gasteiger partial charge in [0.15, 0.2) is 0 Å². The van der Waals surface area contributed by atoms with E-state index in [1.54, 1.807) is 6.07 Å². The Labute approximate surface area is 172 Å². The zero-order chi connectivity index (χ0) is 20.8. The number of nitrogens with one attached hydrogen (secondary N) is 1. The normalized spacial score (nSPS) is 23.6. The molecule has 0 aromatic heterocycles. The molecule has 1 amide bonds. The van der Waals surface area contributed by atoms with Crippen molar-refractivity contribution in [2.75, 3.05) is 42.6 Å². The highest BCUT2D eigenvalue weighted by atomic mass is 19.1. The van der Waals surface area contributed by atoms with Gasteiger partial charge in [-0.1, -0.05) is 20.8 Å². The van der Waals surface area contributed by atoms with E-state index in [1.807, 2.05) is 26.8 Å². The van der Waals surface area contributed by atoms with E-state index < -0.39 is 6.04 Å². The first-order chi connectivity index (χ1) is 13.8. The summed E-state index contributed by atoms with van der Waals surface area (Å²) >= 11 is 0. The number of benzene rings is 1. The van der Waals surface area contributed by atoms with Crippen molar-refractivity contribution >= 4 is 17.3 Å². The smallest absolute Gasteiger partial charge is 0.237 e. The molecule has 1 aliphatic carbocycles. The van der Waals surface area contributed by atoms with E-state index in [-0.39, 0.29) is 23.2 Å². The van der Waals surface area contributed by atoms with E-state index in [2.05, 4.69) is 15.1 Å². The Morgan fingerprint density at radius 3 is 2.48 bits per heavy atom. The van der Waals surface area contributed by atoms with Crippen LogP contribution in [0, 0.1) is 11.2 Å². The third-order valence-corrected chi connectivity index (χ3v) is 6.31. The fraction of sp³-hybridized carbons (Fsp3) is 0.682. The Hall–Kier alpha value is -1.86. The topological polar surface area (TPSA) is 70.8 Å². The number of carbonyl (C=O) groups excluding carboxylic acids is 1. The van der Waals surface area contributed by atoms with Crippen LogP contribution in [0.15, 0.2) is 12.1 Å². The Balaban J connectivity index is 1.63. The predicted molar refractivity (Wildman–Crippen MR) is 113 cm³/mol. The summed E-state index contributed by atoms with van der Waals surface area (Å²) in [6.45, 7) is 9.35. The number of hydrogen-bond donors (Lipinski definition) is 2. The molecule has 3 N–H and O–H groups in total. The lowest BCUT2D eigenvalue weighted by Crippen LogP contribution is -2.50. The fourth-order valence-corrected chi connectivity index (χ4v) is 4.25. The molecule has 7 heteroatoms. The highest BCUT2D eigenvalue weighted by Gasteiger charge is 2.37. The number of anilines is 2. The number of carbonyl (C=O) groups is 1. The molecule has 1 saturated carbocycles. The van der Waals surface area contributed by atoms with Crippen molar-refractivity contribution in [3.05, 3.63) is 23.5 Å². The zero-order valence-electron chi connectivity index (χ0n) is 17.7.